The fourth-order valence-corrected chi connectivity index (χ4v) is 9.78. The lowest BCUT2D eigenvalue weighted by Gasteiger charge is -2.26. The molecule has 0 atom stereocenters. The maximum Gasteiger partial charge on any atom is 0.0547 e. The molecule has 11 rings (SSSR count). The Morgan fingerprint density at radius 3 is 1.48 bits per heavy atom. The summed E-state index contributed by atoms with van der Waals surface area (Å²) in [4.78, 5) is 2.36. The molecular weight excluding hydrogens is 749 g/mol. The molecule has 298 valence electrons. The van der Waals surface area contributed by atoms with Crippen LogP contribution in [0.3, 0.4) is 0 Å². The largest absolute Gasteiger partial charge is 0.311 e. The van der Waals surface area contributed by atoms with E-state index in [4.69, 9.17) is 0 Å². The Hall–Kier alpha value is -7.42. The SMILES string of the molecule is Cc1ccc(-c2cccc(-n3c4ccccc4c4ccc(-c5ccc(N(c6ccc(C)cc6)c6ccc(-c7ccc8c(c7)C(C)(C)c7cc(C)ccc7-8)cc6)cc5)cc43)c2)cc1. The molecule has 1 aliphatic rings. The van der Waals surface area contributed by atoms with Gasteiger partial charge in [0, 0.05) is 38.9 Å². The number of aromatic nitrogens is 1. The minimum Gasteiger partial charge on any atom is -0.311 e. The number of fused-ring (bicyclic) bond motifs is 6. The standard InChI is InChI=1S/C60H48N2/c1-39-13-18-42(19-14-39)45-9-8-10-51(36-45)62-58-12-7-6-11-54(58)55-34-25-47(38-59(55)62)44-22-30-50(31-23-44)61(48-26-15-40(2)16-27-48)49-28-20-43(21-29-49)46-24-33-53-52-32-17-41(3)35-56(52)60(4,5)57(53)37-46/h6-38H,1-5H3. The Morgan fingerprint density at radius 2 is 0.823 bits per heavy atom. The van der Waals surface area contributed by atoms with Crippen LogP contribution in [-0.4, -0.2) is 4.57 Å². The van der Waals surface area contributed by atoms with Gasteiger partial charge in [-0.3, -0.25) is 0 Å². The molecule has 0 saturated carbocycles. The fraction of sp³-hybridized carbons (Fsp3) is 0.100. The van der Waals surface area contributed by atoms with Gasteiger partial charge in [-0.1, -0.05) is 164 Å². The fourth-order valence-electron chi connectivity index (χ4n) is 9.78. The predicted molar refractivity (Wildman–Crippen MR) is 264 cm³/mol. The lowest BCUT2D eigenvalue weighted by atomic mass is 9.81. The average molecular weight is 797 g/mol. The third kappa shape index (κ3) is 6.34. The zero-order chi connectivity index (χ0) is 42.1. The van der Waals surface area contributed by atoms with Gasteiger partial charge in [-0.15, -0.1) is 0 Å². The first-order valence-electron chi connectivity index (χ1n) is 21.7. The highest BCUT2D eigenvalue weighted by Crippen LogP contribution is 2.50. The van der Waals surface area contributed by atoms with E-state index in [-0.39, 0.29) is 5.41 Å². The van der Waals surface area contributed by atoms with Crippen LogP contribution in [0.25, 0.3) is 72.0 Å². The Bertz CT molecular complexity index is 3310. The molecule has 0 fully saturated rings. The summed E-state index contributed by atoms with van der Waals surface area (Å²) in [6.45, 7) is 11.2. The highest BCUT2D eigenvalue weighted by Gasteiger charge is 2.35. The van der Waals surface area contributed by atoms with Crippen LogP contribution < -0.4 is 4.90 Å². The Kier molecular flexibility index (Phi) is 8.87. The van der Waals surface area contributed by atoms with Gasteiger partial charge < -0.3 is 9.47 Å². The Morgan fingerprint density at radius 1 is 0.355 bits per heavy atom. The zero-order valence-corrected chi connectivity index (χ0v) is 35.9. The first kappa shape index (κ1) is 37.6. The van der Waals surface area contributed by atoms with Gasteiger partial charge in [0.2, 0.25) is 0 Å². The Labute approximate surface area is 365 Å². The quantitative estimate of drug-likeness (QED) is 0.156. The van der Waals surface area contributed by atoms with Crippen molar-refractivity contribution in [3.63, 3.8) is 0 Å². The normalized spacial score (nSPS) is 12.7. The molecule has 0 amide bonds. The van der Waals surface area contributed by atoms with E-state index < -0.39 is 0 Å². The molecule has 0 N–H and O–H groups in total. The molecule has 0 bridgehead atoms. The minimum atomic E-state index is -0.0426. The van der Waals surface area contributed by atoms with Gasteiger partial charge in [-0.05, 0) is 143 Å². The summed E-state index contributed by atoms with van der Waals surface area (Å²) < 4.78 is 2.42. The number of anilines is 3. The van der Waals surface area contributed by atoms with E-state index in [0.29, 0.717) is 0 Å². The summed E-state index contributed by atoms with van der Waals surface area (Å²) in [7, 11) is 0. The smallest absolute Gasteiger partial charge is 0.0547 e. The summed E-state index contributed by atoms with van der Waals surface area (Å²) in [6, 6.07) is 74.3. The Balaban J connectivity index is 0.943. The van der Waals surface area contributed by atoms with Gasteiger partial charge in [0.1, 0.15) is 0 Å². The molecule has 62 heavy (non-hydrogen) atoms. The second kappa shape index (κ2) is 14.6. The molecule has 0 unspecified atom stereocenters. The minimum absolute atomic E-state index is 0.0426. The number of hydrogen-bond donors (Lipinski definition) is 0. The molecular formula is C60H48N2. The van der Waals surface area contributed by atoms with Crippen LogP contribution in [0.2, 0.25) is 0 Å². The lowest BCUT2D eigenvalue weighted by molar-refractivity contribution is 0.660. The van der Waals surface area contributed by atoms with Gasteiger partial charge in [0.25, 0.3) is 0 Å². The number of aryl methyl sites for hydroxylation is 3. The van der Waals surface area contributed by atoms with E-state index >= 15 is 0 Å². The summed E-state index contributed by atoms with van der Waals surface area (Å²) in [5.74, 6) is 0. The van der Waals surface area contributed by atoms with Crippen LogP contribution in [0.15, 0.2) is 200 Å². The molecule has 2 nitrogen and oxygen atoms in total. The average Bonchev–Trinajstić information content (AvgIpc) is 3.75. The van der Waals surface area contributed by atoms with Crippen LogP contribution in [-0.2, 0) is 5.41 Å². The second-order valence-corrected chi connectivity index (χ2v) is 17.7. The van der Waals surface area contributed by atoms with Crippen LogP contribution in [0.1, 0.15) is 41.7 Å². The van der Waals surface area contributed by atoms with Crippen molar-refractivity contribution in [3.05, 3.63) is 228 Å². The molecule has 2 heteroatoms. The van der Waals surface area contributed by atoms with Gasteiger partial charge in [0.05, 0.1) is 11.0 Å². The van der Waals surface area contributed by atoms with Crippen molar-refractivity contribution in [1.29, 1.82) is 0 Å². The van der Waals surface area contributed by atoms with Gasteiger partial charge in [-0.2, -0.15) is 0 Å². The molecule has 0 saturated heterocycles. The van der Waals surface area contributed by atoms with E-state index in [0.717, 1.165) is 22.7 Å². The molecule has 1 aromatic heterocycles. The van der Waals surface area contributed by atoms with Crippen LogP contribution in [0, 0.1) is 20.8 Å². The van der Waals surface area contributed by atoms with Gasteiger partial charge >= 0.3 is 0 Å². The van der Waals surface area contributed by atoms with Crippen molar-refractivity contribution in [3.8, 4) is 50.2 Å². The number of nitrogens with zero attached hydrogens (tertiary/aromatic N) is 2. The van der Waals surface area contributed by atoms with Gasteiger partial charge in [-0.25, -0.2) is 0 Å². The number of rotatable bonds is 7. The van der Waals surface area contributed by atoms with Crippen molar-refractivity contribution < 1.29 is 0 Å². The third-order valence-corrected chi connectivity index (χ3v) is 13.2. The van der Waals surface area contributed by atoms with Crippen molar-refractivity contribution in [2.24, 2.45) is 0 Å². The van der Waals surface area contributed by atoms with E-state index in [1.165, 1.54) is 94.1 Å². The van der Waals surface area contributed by atoms with Crippen LogP contribution in [0.4, 0.5) is 17.1 Å². The van der Waals surface area contributed by atoms with Crippen molar-refractivity contribution in [2.75, 3.05) is 4.90 Å². The highest BCUT2D eigenvalue weighted by molar-refractivity contribution is 6.10. The molecule has 1 aliphatic carbocycles. The summed E-state index contributed by atoms with van der Waals surface area (Å²) in [6.07, 6.45) is 0. The van der Waals surface area contributed by atoms with Gasteiger partial charge in [0.15, 0.2) is 0 Å². The first-order chi connectivity index (χ1) is 30.2. The number of hydrogen-bond acceptors (Lipinski definition) is 1. The second-order valence-electron chi connectivity index (χ2n) is 17.7. The summed E-state index contributed by atoms with van der Waals surface area (Å²) in [5, 5.41) is 2.50. The molecule has 0 spiro atoms. The number of para-hydroxylation sites is 1. The zero-order valence-electron chi connectivity index (χ0n) is 35.9. The van der Waals surface area contributed by atoms with Crippen molar-refractivity contribution in [1.82, 2.24) is 4.57 Å². The van der Waals surface area contributed by atoms with E-state index in [2.05, 4.69) is 244 Å². The molecule has 0 aliphatic heterocycles. The van der Waals surface area contributed by atoms with E-state index in [1.807, 2.05) is 0 Å². The van der Waals surface area contributed by atoms with E-state index in [9.17, 15) is 0 Å². The van der Waals surface area contributed by atoms with Crippen LogP contribution >= 0.6 is 0 Å². The maximum atomic E-state index is 2.42. The first-order valence-corrected chi connectivity index (χ1v) is 21.7. The summed E-state index contributed by atoms with van der Waals surface area (Å²) >= 11 is 0. The highest BCUT2D eigenvalue weighted by atomic mass is 15.1. The molecule has 10 aromatic rings. The third-order valence-electron chi connectivity index (χ3n) is 13.2. The lowest BCUT2D eigenvalue weighted by Crippen LogP contribution is -2.15. The van der Waals surface area contributed by atoms with Crippen molar-refractivity contribution in [2.45, 2.75) is 40.0 Å². The molecule has 0 radical (unpaired) electrons. The van der Waals surface area contributed by atoms with Crippen molar-refractivity contribution >= 4 is 38.9 Å². The molecule has 9 aromatic carbocycles. The maximum absolute atomic E-state index is 2.42. The van der Waals surface area contributed by atoms with Crippen LogP contribution in [0.5, 0.6) is 0 Å². The van der Waals surface area contributed by atoms with E-state index in [1.54, 1.807) is 0 Å². The summed E-state index contributed by atoms with van der Waals surface area (Å²) in [5.41, 5.74) is 23.5. The predicted octanol–water partition coefficient (Wildman–Crippen LogP) is 16.5. The molecule has 1 heterocycles. The monoisotopic (exact) mass is 796 g/mol. The topological polar surface area (TPSA) is 8.17 Å². The number of benzene rings is 9.